The fourth-order valence-corrected chi connectivity index (χ4v) is 1.78. The first-order valence-electron chi connectivity index (χ1n) is 6.00. The monoisotopic (exact) mass is 258 g/mol. The van der Waals surface area contributed by atoms with Gasteiger partial charge in [-0.2, -0.15) is 0 Å². The highest BCUT2D eigenvalue weighted by molar-refractivity contribution is 5.96. The van der Waals surface area contributed by atoms with Crippen LogP contribution in [0, 0.1) is 22.9 Å². The van der Waals surface area contributed by atoms with Gasteiger partial charge in [0.05, 0.1) is 5.56 Å². The molecule has 0 aromatic heterocycles. The zero-order valence-corrected chi connectivity index (χ0v) is 10.6. The summed E-state index contributed by atoms with van der Waals surface area (Å²) in [5.41, 5.74) is -0.586. The maximum absolute atomic E-state index is 13.6. The van der Waals surface area contributed by atoms with Crippen molar-refractivity contribution in [2.45, 2.75) is 26.7 Å². The number of rotatable bonds is 5. The normalized spacial score (nSPS) is 10.5. The zero-order chi connectivity index (χ0) is 13.7. The Morgan fingerprint density at radius 3 is 2.06 bits per heavy atom. The summed E-state index contributed by atoms with van der Waals surface area (Å²) < 4.78 is 40.2. The van der Waals surface area contributed by atoms with Gasteiger partial charge >= 0.3 is 0 Å². The van der Waals surface area contributed by atoms with Crippen LogP contribution in [-0.4, -0.2) is 23.8 Å². The van der Waals surface area contributed by atoms with E-state index in [-0.39, 0.29) is 5.84 Å². The van der Waals surface area contributed by atoms with Crippen molar-refractivity contribution < 1.29 is 13.2 Å². The lowest BCUT2D eigenvalue weighted by molar-refractivity contribution is 0.408. The van der Waals surface area contributed by atoms with E-state index in [9.17, 15) is 13.2 Å². The summed E-state index contributed by atoms with van der Waals surface area (Å²) in [6, 6.07) is 1.57. The number of hydrogen-bond acceptors (Lipinski definition) is 1. The molecule has 1 aromatic rings. The molecule has 18 heavy (non-hydrogen) atoms. The van der Waals surface area contributed by atoms with Crippen molar-refractivity contribution in [1.29, 1.82) is 5.41 Å². The molecular formula is C13H17F3N2. The van der Waals surface area contributed by atoms with Crippen LogP contribution in [0.4, 0.5) is 13.2 Å². The maximum atomic E-state index is 13.6. The van der Waals surface area contributed by atoms with E-state index < -0.39 is 23.0 Å². The third-order valence-corrected chi connectivity index (χ3v) is 2.58. The third kappa shape index (κ3) is 3.03. The molecule has 1 N–H and O–H groups in total. The molecular weight excluding hydrogens is 241 g/mol. The van der Waals surface area contributed by atoms with Gasteiger partial charge in [-0.25, -0.2) is 13.2 Å². The van der Waals surface area contributed by atoms with Gasteiger partial charge in [0.25, 0.3) is 0 Å². The summed E-state index contributed by atoms with van der Waals surface area (Å²) in [6.07, 6.45) is 1.50. The number of hydrogen-bond donors (Lipinski definition) is 1. The number of benzene rings is 1. The van der Waals surface area contributed by atoms with E-state index in [0.717, 1.165) is 25.0 Å². The second-order valence-corrected chi connectivity index (χ2v) is 4.05. The minimum atomic E-state index is -1.29. The first-order valence-corrected chi connectivity index (χ1v) is 6.00. The van der Waals surface area contributed by atoms with Crippen molar-refractivity contribution in [2.75, 3.05) is 13.1 Å². The summed E-state index contributed by atoms with van der Waals surface area (Å²) in [4.78, 5) is 1.56. The molecule has 0 amide bonds. The van der Waals surface area contributed by atoms with E-state index >= 15 is 0 Å². The fourth-order valence-electron chi connectivity index (χ4n) is 1.78. The van der Waals surface area contributed by atoms with Crippen LogP contribution in [0.2, 0.25) is 0 Å². The molecule has 0 aliphatic rings. The van der Waals surface area contributed by atoms with E-state index in [2.05, 4.69) is 0 Å². The average molecular weight is 258 g/mol. The van der Waals surface area contributed by atoms with Gasteiger partial charge in [0.15, 0.2) is 11.6 Å². The predicted molar refractivity (Wildman–Crippen MR) is 65.3 cm³/mol. The second-order valence-electron chi connectivity index (χ2n) is 4.05. The van der Waals surface area contributed by atoms with Crippen molar-refractivity contribution in [3.63, 3.8) is 0 Å². The number of nitrogens with zero attached hydrogens (tertiary/aromatic N) is 1. The largest absolute Gasteiger partial charge is 0.356 e. The highest BCUT2D eigenvalue weighted by Crippen LogP contribution is 2.18. The van der Waals surface area contributed by atoms with Crippen LogP contribution >= 0.6 is 0 Å². The van der Waals surface area contributed by atoms with Crippen LogP contribution in [-0.2, 0) is 0 Å². The van der Waals surface area contributed by atoms with E-state index in [4.69, 9.17) is 5.41 Å². The van der Waals surface area contributed by atoms with Gasteiger partial charge in [-0.3, -0.25) is 5.41 Å². The highest BCUT2D eigenvalue weighted by Gasteiger charge is 2.21. The molecule has 0 aliphatic heterocycles. The minimum Gasteiger partial charge on any atom is -0.356 e. The van der Waals surface area contributed by atoms with Crippen molar-refractivity contribution in [3.8, 4) is 0 Å². The summed E-state index contributed by atoms with van der Waals surface area (Å²) in [7, 11) is 0. The van der Waals surface area contributed by atoms with Crippen molar-refractivity contribution in [1.82, 2.24) is 4.90 Å². The van der Waals surface area contributed by atoms with Crippen LogP contribution in [0.1, 0.15) is 32.3 Å². The van der Waals surface area contributed by atoms with Gasteiger partial charge in [0.1, 0.15) is 11.7 Å². The molecule has 0 saturated heterocycles. The van der Waals surface area contributed by atoms with Gasteiger partial charge in [0, 0.05) is 13.1 Å². The molecule has 0 saturated carbocycles. The van der Waals surface area contributed by atoms with Gasteiger partial charge in [-0.1, -0.05) is 13.8 Å². The average Bonchev–Trinajstić information content (AvgIpc) is 2.34. The van der Waals surface area contributed by atoms with E-state index in [1.807, 2.05) is 13.8 Å². The van der Waals surface area contributed by atoms with Crippen molar-refractivity contribution in [3.05, 3.63) is 35.1 Å². The molecule has 1 aromatic carbocycles. The van der Waals surface area contributed by atoms with Crippen LogP contribution in [0.15, 0.2) is 12.1 Å². The highest BCUT2D eigenvalue weighted by atomic mass is 19.2. The molecule has 0 radical (unpaired) electrons. The Kier molecular flexibility index (Phi) is 5.19. The molecule has 0 aliphatic carbocycles. The molecule has 5 heteroatoms. The summed E-state index contributed by atoms with van der Waals surface area (Å²) in [5.74, 6) is -3.63. The number of halogens is 3. The van der Waals surface area contributed by atoms with E-state index in [1.54, 1.807) is 4.90 Å². The van der Waals surface area contributed by atoms with Gasteiger partial charge < -0.3 is 4.90 Å². The lowest BCUT2D eigenvalue weighted by Crippen LogP contribution is -2.34. The van der Waals surface area contributed by atoms with Gasteiger partial charge in [-0.05, 0) is 25.0 Å². The van der Waals surface area contributed by atoms with Crippen molar-refractivity contribution in [2.24, 2.45) is 0 Å². The first-order chi connectivity index (χ1) is 8.52. The Morgan fingerprint density at radius 1 is 1.06 bits per heavy atom. The first kappa shape index (κ1) is 14.5. The molecule has 100 valence electrons. The Balaban J connectivity index is 3.11. The standard InChI is InChI=1S/C13H17F3N2/c1-3-7-18(8-4-2)13(17)11-9(14)5-6-10(15)12(11)16/h5-6,17H,3-4,7-8H2,1-2H3. The Labute approximate surface area is 105 Å². The zero-order valence-electron chi connectivity index (χ0n) is 10.6. The topological polar surface area (TPSA) is 27.1 Å². The van der Waals surface area contributed by atoms with Gasteiger partial charge in [0.2, 0.25) is 0 Å². The number of amidine groups is 1. The predicted octanol–water partition coefficient (Wildman–Crippen LogP) is 3.55. The Hall–Kier alpha value is -1.52. The minimum absolute atomic E-state index is 0.298. The lowest BCUT2D eigenvalue weighted by atomic mass is 10.1. The Bertz CT molecular complexity index is 426. The summed E-state index contributed by atoms with van der Waals surface area (Å²) in [5, 5.41) is 7.85. The van der Waals surface area contributed by atoms with Gasteiger partial charge in [-0.15, -0.1) is 0 Å². The second kappa shape index (κ2) is 6.42. The molecule has 0 bridgehead atoms. The van der Waals surface area contributed by atoms with Crippen LogP contribution in [0.3, 0.4) is 0 Å². The van der Waals surface area contributed by atoms with Crippen LogP contribution in [0.25, 0.3) is 0 Å². The molecule has 0 spiro atoms. The SMILES string of the molecule is CCCN(CCC)C(=N)c1c(F)ccc(F)c1F. The summed E-state index contributed by atoms with van der Waals surface area (Å²) in [6.45, 7) is 4.85. The molecule has 0 unspecified atom stereocenters. The fraction of sp³-hybridized carbons (Fsp3) is 0.462. The summed E-state index contributed by atoms with van der Waals surface area (Å²) >= 11 is 0. The molecule has 1 rings (SSSR count). The maximum Gasteiger partial charge on any atom is 0.172 e. The quantitative estimate of drug-likeness (QED) is 0.488. The smallest absolute Gasteiger partial charge is 0.172 e. The lowest BCUT2D eigenvalue weighted by Gasteiger charge is -2.24. The Morgan fingerprint density at radius 2 is 1.56 bits per heavy atom. The van der Waals surface area contributed by atoms with Crippen molar-refractivity contribution >= 4 is 5.84 Å². The molecule has 0 atom stereocenters. The molecule has 0 fully saturated rings. The van der Waals surface area contributed by atoms with E-state index in [0.29, 0.717) is 13.1 Å². The van der Waals surface area contributed by atoms with Crippen LogP contribution in [0.5, 0.6) is 0 Å². The van der Waals surface area contributed by atoms with Crippen LogP contribution < -0.4 is 0 Å². The van der Waals surface area contributed by atoms with E-state index in [1.165, 1.54) is 0 Å². The third-order valence-electron chi connectivity index (χ3n) is 2.58. The molecule has 2 nitrogen and oxygen atoms in total. The molecule has 0 heterocycles. The number of nitrogens with one attached hydrogen (secondary N) is 1.